The number of likely N-dealkylation sites (tertiary alicyclic amines) is 1. The van der Waals surface area contributed by atoms with Gasteiger partial charge in [-0.2, -0.15) is 0 Å². The zero-order valence-electron chi connectivity index (χ0n) is 10.0. The summed E-state index contributed by atoms with van der Waals surface area (Å²) >= 11 is 0. The van der Waals surface area contributed by atoms with Gasteiger partial charge in [0, 0.05) is 12.6 Å². The van der Waals surface area contributed by atoms with E-state index in [0.717, 1.165) is 19.4 Å². The molecule has 0 saturated carbocycles. The van der Waals surface area contributed by atoms with Crippen LogP contribution in [-0.2, 0) is 0 Å². The van der Waals surface area contributed by atoms with Gasteiger partial charge in [0.25, 0.3) is 0 Å². The van der Waals surface area contributed by atoms with Crippen molar-refractivity contribution in [3.63, 3.8) is 0 Å². The Kier molecular flexibility index (Phi) is 6.98. The molecule has 0 radical (unpaired) electrons. The highest BCUT2D eigenvalue weighted by Crippen LogP contribution is 2.10. The number of aliphatic hydroxyl groups is 1. The lowest BCUT2D eigenvalue weighted by Gasteiger charge is -2.18. The van der Waals surface area contributed by atoms with Crippen LogP contribution >= 0.6 is 0 Å². The minimum atomic E-state index is 0.329. The number of hydrogen-bond acceptors (Lipinski definition) is 3. The SMILES string of the molecule is CCN1CCCC(NCCCCO)CC1. The standard InChI is InChI=1S/C12H26N2O/c1-2-14-9-5-6-12(7-10-14)13-8-3-4-11-15/h12-13,15H,2-11H2,1H3. The third kappa shape index (κ3) is 5.50. The first-order chi connectivity index (χ1) is 7.36. The van der Waals surface area contributed by atoms with E-state index in [-0.39, 0.29) is 0 Å². The molecule has 0 amide bonds. The molecule has 0 aliphatic carbocycles. The van der Waals surface area contributed by atoms with Crippen molar-refractivity contribution in [2.24, 2.45) is 0 Å². The van der Waals surface area contributed by atoms with Crippen molar-refractivity contribution >= 4 is 0 Å². The molecule has 1 saturated heterocycles. The van der Waals surface area contributed by atoms with Gasteiger partial charge in [-0.05, 0) is 58.3 Å². The molecule has 1 heterocycles. The monoisotopic (exact) mass is 214 g/mol. The average molecular weight is 214 g/mol. The van der Waals surface area contributed by atoms with Crippen molar-refractivity contribution in [3.05, 3.63) is 0 Å². The lowest BCUT2D eigenvalue weighted by atomic mass is 10.1. The minimum Gasteiger partial charge on any atom is -0.396 e. The molecule has 0 bridgehead atoms. The predicted octanol–water partition coefficient (Wildman–Crippen LogP) is 1.22. The van der Waals surface area contributed by atoms with E-state index in [2.05, 4.69) is 17.1 Å². The van der Waals surface area contributed by atoms with E-state index in [9.17, 15) is 0 Å². The maximum atomic E-state index is 8.68. The first-order valence-electron chi connectivity index (χ1n) is 6.43. The molecule has 1 aliphatic rings. The third-order valence-electron chi connectivity index (χ3n) is 3.29. The maximum Gasteiger partial charge on any atom is 0.0431 e. The molecule has 1 unspecified atom stereocenters. The molecule has 90 valence electrons. The number of nitrogens with one attached hydrogen (secondary N) is 1. The molecule has 1 aliphatic heterocycles. The van der Waals surface area contributed by atoms with Crippen molar-refractivity contribution in [2.75, 3.05) is 32.8 Å². The number of rotatable bonds is 6. The summed E-state index contributed by atoms with van der Waals surface area (Å²) in [6.45, 7) is 7.35. The average Bonchev–Trinajstić information content (AvgIpc) is 2.49. The molecular formula is C12H26N2O. The van der Waals surface area contributed by atoms with Crippen LogP contribution < -0.4 is 5.32 Å². The highest BCUT2D eigenvalue weighted by Gasteiger charge is 2.14. The summed E-state index contributed by atoms with van der Waals surface area (Å²) in [6, 6.07) is 0.709. The van der Waals surface area contributed by atoms with Crippen molar-refractivity contribution in [3.8, 4) is 0 Å². The molecule has 0 aromatic carbocycles. The number of aliphatic hydroxyl groups excluding tert-OH is 1. The summed E-state index contributed by atoms with van der Waals surface area (Å²) < 4.78 is 0. The zero-order chi connectivity index (χ0) is 10.9. The van der Waals surface area contributed by atoms with Gasteiger partial charge in [-0.1, -0.05) is 6.92 Å². The second-order valence-electron chi connectivity index (χ2n) is 4.45. The smallest absolute Gasteiger partial charge is 0.0431 e. The van der Waals surface area contributed by atoms with Crippen LogP contribution in [0.5, 0.6) is 0 Å². The quantitative estimate of drug-likeness (QED) is 0.653. The molecule has 0 aromatic heterocycles. The molecule has 3 heteroatoms. The Labute approximate surface area is 93.9 Å². The number of hydrogen-bond donors (Lipinski definition) is 2. The predicted molar refractivity (Wildman–Crippen MR) is 64.1 cm³/mol. The first-order valence-corrected chi connectivity index (χ1v) is 6.43. The van der Waals surface area contributed by atoms with E-state index in [4.69, 9.17) is 5.11 Å². The summed E-state index contributed by atoms with van der Waals surface area (Å²) in [6.07, 6.45) is 5.96. The van der Waals surface area contributed by atoms with Crippen LogP contribution in [-0.4, -0.2) is 48.8 Å². The molecule has 0 spiro atoms. The van der Waals surface area contributed by atoms with Crippen molar-refractivity contribution in [2.45, 2.75) is 45.1 Å². The number of unbranched alkanes of at least 4 members (excludes halogenated alkanes) is 1. The van der Waals surface area contributed by atoms with Crippen molar-refractivity contribution < 1.29 is 5.11 Å². The summed E-state index contributed by atoms with van der Waals surface area (Å²) in [5, 5.41) is 12.3. The lowest BCUT2D eigenvalue weighted by Crippen LogP contribution is -2.31. The molecular weight excluding hydrogens is 188 g/mol. The summed E-state index contributed by atoms with van der Waals surface area (Å²) in [5.41, 5.74) is 0. The fourth-order valence-electron chi connectivity index (χ4n) is 2.22. The zero-order valence-corrected chi connectivity index (χ0v) is 10.0. The van der Waals surface area contributed by atoms with Gasteiger partial charge in [-0.15, -0.1) is 0 Å². The van der Waals surface area contributed by atoms with Crippen LogP contribution in [0.2, 0.25) is 0 Å². The van der Waals surface area contributed by atoms with E-state index >= 15 is 0 Å². The van der Waals surface area contributed by atoms with E-state index in [1.807, 2.05) is 0 Å². The summed E-state index contributed by atoms with van der Waals surface area (Å²) in [7, 11) is 0. The van der Waals surface area contributed by atoms with Crippen LogP contribution in [0, 0.1) is 0 Å². The van der Waals surface area contributed by atoms with Gasteiger partial charge in [-0.25, -0.2) is 0 Å². The fraction of sp³-hybridized carbons (Fsp3) is 1.00. The minimum absolute atomic E-state index is 0.329. The van der Waals surface area contributed by atoms with Crippen LogP contribution in [0.1, 0.15) is 39.0 Å². The van der Waals surface area contributed by atoms with E-state index < -0.39 is 0 Å². The van der Waals surface area contributed by atoms with Crippen LogP contribution in [0.15, 0.2) is 0 Å². The first kappa shape index (κ1) is 12.9. The molecule has 1 rings (SSSR count). The van der Waals surface area contributed by atoms with Crippen LogP contribution in [0.4, 0.5) is 0 Å². The Balaban J connectivity index is 2.08. The van der Waals surface area contributed by atoms with Crippen molar-refractivity contribution in [1.82, 2.24) is 10.2 Å². The van der Waals surface area contributed by atoms with Gasteiger partial charge in [0.05, 0.1) is 0 Å². The Morgan fingerprint density at radius 1 is 1.27 bits per heavy atom. The van der Waals surface area contributed by atoms with Gasteiger partial charge in [0.2, 0.25) is 0 Å². The summed E-state index contributed by atoms with van der Waals surface area (Å²) in [4.78, 5) is 2.54. The molecule has 1 fully saturated rings. The van der Waals surface area contributed by atoms with Gasteiger partial charge in [-0.3, -0.25) is 0 Å². The Bertz CT molecular complexity index is 153. The topological polar surface area (TPSA) is 35.5 Å². The molecule has 0 aromatic rings. The Morgan fingerprint density at radius 3 is 2.87 bits per heavy atom. The molecule has 3 nitrogen and oxygen atoms in total. The highest BCUT2D eigenvalue weighted by molar-refractivity contribution is 4.74. The number of nitrogens with zero attached hydrogens (tertiary/aromatic N) is 1. The second kappa shape index (κ2) is 8.08. The highest BCUT2D eigenvalue weighted by atomic mass is 16.2. The normalized spacial score (nSPS) is 24.0. The Morgan fingerprint density at radius 2 is 2.13 bits per heavy atom. The second-order valence-corrected chi connectivity index (χ2v) is 4.45. The van der Waals surface area contributed by atoms with Gasteiger partial charge in [0.15, 0.2) is 0 Å². The maximum absolute atomic E-state index is 8.68. The third-order valence-corrected chi connectivity index (χ3v) is 3.29. The van der Waals surface area contributed by atoms with E-state index in [1.165, 1.54) is 38.9 Å². The largest absolute Gasteiger partial charge is 0.396 e. The van der Waals surface area contributed by atoms with E-state index in [1.54, 1.807) is 0 Å². The van der Waals surface area contributed by atoms with Gasteiger partial charge >= 0.3 is 0 Å². The van der Waals surface area contributed by atoms with Crippen molar-refractivity contribution in [1.29, 1.82) is 0 Å². The molecule has 15 heavy (non-hydrogen) atoms. The Hall–Kier alpha value is -0.120. The van der Waals surface area contributed by atoms with Crippen LogP contribution in [0.3, 0.4) is 0 Å². The lowest BCUT2D eigenvalue weighted by molar-refractivity contribution is 0.280. The molecule has 1 atom stereocenters. The van der Waals surface area contributed by atoms with Crippen LogP contribution in [0.25, 0.3) is 0 Å². The van der Waals surface area contributed by atoms with Gasteiger partial charge in [0.1, 0.15) is 0 Å². The summed E-state index contributed by atoms with van der Waals surface area (Å²) in [5.74, 6) is 0. The van der Waals surface area contributed by atoms with Gasteiger partial charge < -0.3 is 15.3 Å². The fourth-order valence-corrected chi connectivity index (χ4v) is 2.22. The molecule has 2 N–H and O–H groups in total. The van der Waals surface area contributed by atoms with E-state index in [0.29, 0.717) is 12.6 Å².